The molecule has 0 aromatic heterocycles. The van der Waals surface area contributed by atoms with Crippen LogP contribution in [-0.4, -0.2) is 44.7 Å². The molecule has 0 radical (unpaired) electrons. The second kappa shape index (κ2) is 5.47. The van der Waals surface area contributed by atoms with Crippen molar-refractivity contribution in [3.05, 3.63) is 0 Å². The van der Waals surface area contributed by atoms with E-state index < -0.39 is 10.0 Å². The number of hydrogen-bond acceptors (Lipinski definition) is 3. The third kappa shape index (κ3) is 3.43. The molecule has 16 heavy (non-hydrogen) atoms. The van der Waals surface area contributed by atoms with Gasteiger partial charge in [-0.1, -0.05) is 19.3 Å². The third-order valence-electron chi connectivity index (χ3n) is 3.67. The molecule has 5 heteroatoms. The van der Waals surface area contributed by atoms with Crippen molar-refractivity contribution in [1.29, 1.82) is 0 Å². The molecule has 0 atom stereocenters. The van der Waals surface area contributed by atoms with Gasteiger partial charge in [0.1, 0.15) is 0 Å². The van der Waals surface area contributed by atoms with Crippen molar-refractivity contribution < 1.29 is 8.42 Å². The van der Waals surface area contributed by atoms with E-state index in [2.05, 4.69) is 9.62 Å². The van der Waals surface area contributed by atoms with Gasteiger partial charge in [0.05, 0.1) is 5.75 Å². The van der Waals surface area contributed by atoms with Gasteiger partial charge in [0.2, 0.25) is 10.0 Å². The number of nitrogens with one attached hydrogen (secondary N) is 1. The number of nitrogens with zero attached hydrogens (tertiary/aromatic N) is 1. The molecule has 1 saturated heterocycles. The molecule has 94 valence electrons. The topological polar surface area (TPSA) is 49.4 Å². The SMILES string of the molecule is O=S1(=O)CCCN(C2CCCCC2)CCN1. The van der Waals surface area contributed by atoms with E-state index in [9.17, 15) is 8.42 Å². The van der Waals surface area contributed by atoms with Gasteiger partial charge >= 0.3 is 0 Å². The van der Waals surface area contributed by atoms with Crippen molar-refractivity contribution in [3.63, 3.8) is 0 Å². The van der Waals surface area contributed by atoms with Gasteiger partial charge in [-0.15, -0.1) is 0 Å². The highest BCUT2D eigenvalue weighted by Gasteiger charge is 2.23. The zero-order valence-corrected chi connectivity index (χ0v) is 10.6. The fourth-order valence-electron chi connectivity index (χ4n) is 2.80. The summed E-state index contributed by atoms with van der Waals surface area (Å²) in [5.74, 6) is 0.288. The van der Waals surface area contributed by atoms with Crippen LogP contribution in [0.2, 0.25) is 0 Å². The maximum absolute atomic E-state index is 11.4. The molecular weight excluding hydrogens is 224 g/mol. The van der Waals surface area contributed by atoms with Crippen molar-refractivity contribution in [2.75, 3.05) is 25.4 Å². The summed E-state index contributed by atoms with van der Waals surface area (Å²) in [6, 6.07) is 0.705. The molecule has 2 fully saturated rings. The lowest BCUT2D eigenvalue weighted by atomic mass is 9.94. The molecule has 0 amide bonds. The average molecular weight is 246 g/mol. The molecule has 0 unspecified atom stereocenters. The Balaban J connectivity index is 1.87. The van der Waals surface area contributed by atoms with Crippen LogP contribution in [0.4, 0.5) is 0 Å². The Morgan fingerprint density at radius 1 is 1.00 bits per heavy atom. The maximum Gasteiger partial charge on any atom is 0.211 e. The largest absolute Gasteiger partial charge is 0.299 e. The standard InChI is InChI=1S/C11H22N2O2S/c14-16(15)10-4-8-13(9-7-12-16)11-5-2-1-3-6-11/h11-12H,1-10H2. The first kappa shape index (κ1) is 12.3. The summed E-state index contributed by atoms with van der Waals surface area (Å²) >= 11 is 0. The quantitative estimate of drug-likeness (QED) is 0.749. The molecule has 2 aliphatic rings. The fraction of sp³-hybridized carbons (Fsp3) is 1.00. The molecule has 4 nitrogen and oxygen atoms in total. The highest BCUT2D eigenvalue weighted by Crippen LogP contribution is 2.22. The van der Waals surface area contributed by atoms with Crippen molar-refractivity contribution in [2.45, 2.75) is 44.6 Å². The van der Waals surface area contributed by atoms with E-state index in [0.717, 1.165) is 19.5 Å². The highest BCUT2D eigenvalue weighted by molar-refractivity contribution is 7.89. The van der Waals surface area contributed by atoms with Crippen molar-refractivity contribution in [3.8, 4) is 0 Å². The summed E-state index contributed by atoms with van der Waals surface area (Å²) < 4.78 is 25.4. The highest BCUT2D eigenvalue weighted by atomic mass is 32.2. The predicted octanol–water partition coefficient (Wildman–Crippen LogP) is 0.944. The van der Waals surface area contributed by atoms with Gasteiger partial charge < -0.3 is 0 Å². The zero-order valence-electron chi connectivity index (χ0n) is 9.82. The van der Waals surface area contributed by atoms with Crippen LogP contribution in [0.25, 0.3) is 0 Å². The van der Waals surface area contributed by atoms with E-state index in [1.54, 1.807) is 0 Å². The maximum atomic E-state index is 11.4. The monoisotopic (exact) mass is 246 g/mol. The first-order valence-corrected chi connectivity index (χ1v) is 8.04. The van der Waals surface area contributed by atoms with Crippen LogP contribution in [0.5, 0.6) is 0 Å². The summed E-state index contributed by atoms with van der Waals surface area (Å²) in [4.78, 5) is 2.49. The van der Waals surface area contributed by atoms with Crippen LogP contribution >= 0.6 is 0 Å². The van der Waals surface area contributed by atoms with Crippen molar-refractivity contribution >= 4 is 10.0 Å². The molecule has 1 N–H and O–H groups in total. The van der Waals surface area contributed by atoms with E-state index >= 15 is 0 Å². The van der Waals surface area contributed by atoms with Crippen molar-refractivity contribution in [1.82, 2.24) is 9.62 Å². The molecule has 1 heterocycles. The van der Waals surface area contributed by atoms with Crippen LogP contribution in [0.15, 0.2) is 0 Å². The Morgan fingerprint density at radius 2 is 1.75 bits per heavy atom. The van der Waals surface area contributed by atoms with Crippen LogP contribution in [0.3, 0.4) is 0 Å². The number of hydrogen-bond donors (Lipinski definition) is 1. The molecule has 1 aliphatic carbocycles. The van der Waals surface area contributed by atoms with Crippen LogP contribution in [0, 0.1) is 0 Å². The third-order valence-corrected chi connectivity index (χ3v) is 5.14. The lowest BCUT2D eigenvalue weighted by Crippen LogP contribution is -2.45. The molecule has 0 spiro atoms. The molecule has 2 rings (SSSR count). The molecule has 1 saturated carbocycles. The fourth-order valence-corrected chi connectivity index (χ4v) is 3.85. The summed E-state index contributed by atoms with van der Waals surface area (Å²) in [6.07, 6.45) is 7.42. The number of rotatable bonds is 1. The molecule has 1 aliphatic heterocycles. The smallest absolute Gasteiger partial charge is 0.211 e. The summed E-state index contributed by atoms with van der Waals surface area (Å²) in [6.45, 7) is 2.41. The molecule has 0 aromatic rings. The summed E-state index contributed by atoms with van der Waals surface area (Å²) in [5, 5.41) is 0. The Hall–Kier alpha value is -0.130. The first-order chi connectivity index (χ1) is 7.67. The van der Waals surface area contributed by atoms with Gasteiger partial charge in [-0.05, 0) is 25.8 Å². The molecular formula is C11H22N2O2S. The van der Waals surface area contributed by atoms with Crippen LogP contribution in [0.1, 0.15) is 38.5 Å². The second-order valence-corrected chi connectivity index (χ2v) is 6.82. The normalized spacial score (nSPS) is 29.5. The molecule has 0 aromatic carbocycles. The number of sulfonamides is 1. The second-order valence-electron chi connectivity index (χ2n) is 4.89. The minimum atomic E-state index is -2.97. The minimum absolute atomic E-state index is 0.288. The van der Waals surface area contributed by atoms with Gasteiger partial charge in [-0.2, -0.15) is 0 Å². The van der Waals surface area contributed by atoms with E-state index in [1.807, 2.05) is 0 Å². The Bertz CT molecular complexity index is 294. The van der Waals surface area contributed by atoms with E-state index in [1.165, 1.54) is 32.1 Å². The van der Waals surface area contributed by atoms with Gasteiger partial charge in [0.15, 0.2) is 0 Å². The van der Waals surface area contributed by atoms with Crippen LogP contribution in [-0.2, 0) is 10.0 Å². The lowest BCUT2D eigenvalue weighted by Gasteiger charge is -2.35. The average Bonchev–Trinajstić information content (AvgIpc) is 2.25. The predicted molar refractivity (Wildman–Crippen MR) is 64.9 cm³/mol. The summed E-state index contributed by atoms with van der Waals surface area (Å²) in [5.41, 5.74) is 0. The van der Waals surface area contributed by atoms with Gasteiger partial charge in [0, 0.05) is 19.1 Å². The first-order valence-electron chi connectivity index (χ1n) is 6.39. The Morgan fingerprint density at radius 3 is 2.50 bits per heavy atom. The molecule has 0 bridgehead atoms. The van der Waals surface area contributed by atoms with E-state index in [-0.39, 0.29) is 5.75 Å². The lowest BCUT2D eigenvalue weighted by molar-refractivity contribution is 0.157. The minimum Gasteiger partial charge on any atom is -0.299 e. The Labute approximate surface area is 98.4 Å². The Kier molecular flexibility index (Phi) is 4.21. The van der Waals surface area contributed by atoms with Crippen molar-refractivity contribution in [2.24, 2.45) is 0 Å². The van der Waals surface area contributed by atoms with Gasteiger partial charge in [0.25, 0.3) is 0 Å². The van der Waals surface area contributed by atoms with Gasteiger partial charge in [-0.3, -0.25) is 4.90 Å². The van der Waals surface area contributed by atoms with Gasteiger partial charge in [-0.25, -0.2) is 13.1 Å². The van der Waals surface area contributed by atoms with Crippen LogP contribution < -0.4 is 4.72 Å². The van der Waals surface area contributed by atoms with E-state index in [0.29, 0.717) is 12.6 Å². The summed E-state index contributed by atoms with van der Waals surface area (Å²) in [7, 11) is -2.97. The zero-order chi connectivity index (χ0) is 11.4. The van der Waals surface area contributed by atoms with E-state index in [4.69, 9.17) is 0 Å².